The van der Waals surface area contributed by atoms with E-state index < -0.39 is 0 Å². The summed E-state index contributed by atoms with van der Waals surface area (Å²) in [7, 11) is 0. The first kappa shape index (κ1) is 20.7. The van der Waals surface area contributed by atoms with E-state index in [4.69, 9.17) is 22.2 Å². The van der Waals surface area contributed by atoms with Crippen LogP contribution in [0.2, 0.25) is 0 Å². The van der Waals surface area contributed by atoms with Crippen molar-refractivity contribution in [3.05, 3.63) is 40.7 Å². The van der Waals surface area contributed by atoms with E-state index >= 15 is 0 Å². The van der Waals surface area contributed by atoms with Gasteiger partial charge in [0.05, 0.1) is 22.1 Å². The van der Waals surface area contributed by atoms with Crippen LogP contribution in [0.3, 0.4) is 0 Å². The van der Waals surface area contributed by atoms with Crippen LogP contribution in [-0.2, 0) is 6.42 Å². The predicted molar refractivity (Wildman–Crippen MR) is 123 cm³/mol. The lowest BCUT2D eigenvalue weighted by molar-refractivity contribution is 0.434. The first-order valence-corrected chi connectivity index (χ1v) is 10.7. The third-order valence-electron chi connectivity index (χ3n) is 5.76. The van der Waals surface area contributed by atoms with Crippen molar-refractivity contribution in [3.8, 4) is 0 Å². The van der Waals surface area contributed by atoms with Crippen LogP contribution in [0.15, 0.2) is 18.2 Å². The summed E-state index contributed by atoms with van der Waals surface area (Å²) in [5, 5.41) is 3.41. The molecule has 28 heavy (non-hydrogen) atoms. The van der Waals surface area contributed by atoms with Crippen molar-refractivity contribution in [2.45, 2.75) is 60.8 Å². The number of hydrogen-bond donors (Lipinski definition) is 1. The van der Waals surface area contributed by atoms with Gasteiger partial charge in [-0.25, -0.2) is 9.97 Å². The molecule has 5 heteroatoms. The molecule has 0 bridgehead atoms. The molecular formula is C23H32N4S. The van der Waals surface area contributed by atoms with E-state index in [2.05, 4.69) is 56.1 Å². The SMILES string of the molecule is Cc1ccc2c(c1)CCCN2c1nc(C)c(NC(=S)CC(C)C(C)C)c(C)n1. The van der Waals surface area contributed by atoms with E-state index in [1.165, 1.54) is 16.8 Å². The molecule has 0 amide bonds. The number of hydrogen-bond acceptors (Lipinski definition) is 4. The molecule has 0 radical (unpaired) electrons. The molecule has 3 rings (SSSR count). The molecule has 1 atom stereocenters. The fraction of sp³-hybridized carbons (Fsp3) is 0.522. The summed E-state index contributed by atoms with van der Waals surface area (Å²) >= 11 is 5.60. The topological polar surface area (TPSA) is 41.1 Å². The highest BCUT2D eigenvalue weighted by atomic mass is 32.1. The van der Waals surface area contributed by atoms with Crippen LogP contribution in [0.5, 0.6) is 0 Å². The number of aryl methyl sites for hydroxylation is 4. The number of thiocarbonyl (C=S) groups is 1. The first-order chi connectivity index (χ1) is 13.3. The normalized spacial score (nSPS) is 14.8. The number of aromatic nitrogens is 2. The maximum atomic E-state index is 5.60. The fourth-order valence-electron chi connectivity index (χ4n) is 3.65. The number of anilines is 3. The Balaban J connectivity index is 1.84. The molecule has 2 aromatic rings. The van der Waals surface area contributed by atoms with Crippen LogP contribution < -0.4 is 10.2 Å². The molecule has 0 spiro atoms. The molecule has 1 unspecified atom stereocenters. The highest BCUT2D eigenvalue weighted by molar-refractivity contribution is 7.80. The molecule has 0 saturated heterocycles. The van der Waals surface area contributed by atoms with Crippen molar-refractivity contribution in [2.24, 2.45) is 11.8 Å². The van der Waals surface area contributed by atoms with Gasteiger partial charge in [0.1, 0.15) is 0 Å². The molecule has 2 heterocycles. The third kappa shape index (κ3) is 4.52. The van der Waals surface area contributed by atoms with Crippen molar-refractivity contribution < 1.29 is 0 Å². The standard InChI is InChI=1S/C23H32N4S/c1-14(2)16(4)13-21(28)26-22-17(5)24-23(25-18(22)6)27-11-7-8-19-12-15(3)9-10-20(19)27/h9-10,12,14,16H,7-8,11,13H2,1-6H3,(H,26,28). The minimum Gasteiger partial charge on any atom is -0.347 e. The second kappa shape index (κ2) is 8.56. The van der Waals surface area contributed by atoms with Gasteiger partial charge >= 0.3 is 0 Å². The Morgan fingerprint density at radius 3 is 2.46 bits per heavy atom. The van der Waals surface area contributed by atoms with Gasteiger partial charge < -0.3 is 10.2 Å². The summed E-state index contributed by atoms with van der Waals surface area (Å²) in [5.74, 6) is 1.95. The molecule has 0 fully saturated rings. The average molecular weight is 397 g/mol. The van der Waals surface area contributed by atoms with Crippen LogP contribution >= 0.6 is 12.2 Å². The molecule has 1 aliphatic rings. The van der Waals surface area contributed by atoms with Crippen molar-refractivity contribution in [3.63, 3.8) is 0 Å². The Morgan fingerprint density at radius 1 is 1.14 bits per heavy atom. The van der Waals surface area contributed by atoms with Gasteiger partial charge in [-0.2, -0.15) is 0 Å². The quantitative estimate of drug-likeness (QED) is 0.637. The zero-order valence-corrected chi connectivity index (χ0v) is 18.8. The van der Waals surface area contributed by atoms with Crippen LogP contribution in [0.4, 0.5) is 17.3 Å². The highest BCUT2D eigenvalue weighted by Gasteiger charge is 2.22. The summed E-state index contributed by atoms with van der Waals surface area (Å²) in [4.78, 5) is 12.8. The lowest BCUT2D eigenvalue weighted by Gasteiger charge is -2.30. The van der Waals surface area contributed by atoms with Crippen molar-refractivity contribution in [1.29, 1.82) is 0 Å². The molecule has 1 aromatic carbocycles. The van der Waals surface area contributed by atoms with Crippen LogP contribution in [-0.4, -0.2) is 21.5 Å². The van der Waals surface area contributed by atoms with E-state index in [-0.39, 0.29) is 0 Å². The summed E-state index contributed by atoms with van der Waals surface area (Å²) in [6.45, 7) is 13.9. The molecule has 1 aromatic heterocycles. The molecule has 150 valence electrons. The second-order valence-electron chi connectivity index (χ2n) is 8.43. The maximum Gasteiger partial charge on any atom is 0.230 e. The van der Waals surface area contributed by atoms with Gasteiger partial charge in [0.2, 0.25) is 5.95 Å². The summed E-state index contributed by atoms with van der Waals surface area (Å²) < 4.78 is 0. The van der Waals surface area contributed by atoms with Crippen LogP contribution in [0.1, 0.15) is 56.1 Å². The molecule has 1 N–H and O–H groups in total. The number of rotatable bonds is 5. The molecule has 4 nitrogen and oxygen atoms in total. The van der Waals surface area contributed by atoms with Crippen molar-refractivity contribution >= 4 is 34.5 Å². The van der Waals surface area contributed by atoms with E-state index in [1.807, 2.05) is 13.8 Å². The molecular weight excluding hydrogens is 364 g/mol. The van der Waals surface area contributed by atoms with Crippen LogP contribution in [0.25, 0.3) is 0 Å². The van der Waals surface area contributed by atoms with E-state index in [0.717, 1.165) is 53.8 Å². The monoisotopic (exact) mass is 396 g/mol. The van der Waals surface area contributed by atoms with Gasteiger partial charge in [-0.15, -0.1) is 0 Å². The fourth-order valence-corrected chi connectivity index (χ4v) is 4.02. The number of nitrogens with zero attached hydrogens (tertiary/aromatic N) is 3. The largest absolute Gasteiger partial charge is 0.347 e. The van der Waals surface area contributed by atoms with Gasteiger partial charge in [-0.3, -0.25) is 0 Å². The van der Waals surface area contributed by atoms with Gasteiger partial charge in [0.15, 0.2) is 0 Å². The summed E-state index contributed by atoms with van der Waals surface area (Å²) in [6.07, 6.45) is 3.12. The van der Waals surface area contributed by atoms with Crippen molar-refractivity contribution in [1.82, 2.24) is 9.97 Å². The zero-order valence-electron chi connectivity index (χ0n) is 18.0. The summed E-state index contributed by atoms with van der Waals surface area (Å²) in [6, 6.07) is 6.65. The smallest absolute Gasteiger partial charge is 0.230 e. The van der Waals surface area contributed by atoms with E-state index in [1.54, 1.807) is 0 Å². The molecule has 1 aliphatic heterocycles. The van der Waals surface area contributed by atoms with Gasteiger partial charge in [0, 0.05) is 18.7 Å². The minimum absolute atomic E-state index is 0.550. The maximum absolute atomic E-state index is 5.60. The Hall–Kier alpha value is -2.01. The van der Waals surface area contributed by atoms with Crippen LogP contribution in [0, 0.1) is 32.6 Å². The van der Waals surface area contributed by atoms with E-state index in [0.29, 0.717) is 11.8 Å². The van der Waals surface area contributed by atoms with Gasteiger partial charge in [0.25, 0.3) is 0 Å². The Morgan fingerprint density at radius 2 is 1.82 bits per heavy atom. The van der Waals surface area contributed by atoms with Crippen molar-refractivity contribution in [2.75, 3.05) is 16.8 Å². The average Bonchev–Trinajstić information content (AvgIpc) is 2.63. The van der Waals surface area contributed by atoms with Gasteiger partial charge in [-0.05, 0) is 57.1 Å². The zero-order chi connectivity index (χ0) is 20.4. The lowest BCUT2D eigenvalue weighted by Crippen LogP contribution is -2.27. The Kier molecular flexibility index (Phi) is 6.33. The van der Waals surface area contributed by atoms with Gasteiger partial charge in [-0.1, -0.05) is 50.7 Å². The number of nitrogens with one attached hydrogen (secondary N) is 1. The molecule has 0 saturated carbocycles. The Bertz CT molecular complexity index is 852. The minimum atomic E-state index is 0.550. The second-order valence-corrected chi connectivity index (χ2v) is 8.92. The molecule has 0 aliphatic carbocycles. The van der Waals surface area contributed by atoms with E-state index in [9.17, 15) is 0 Å². The first-order valence-electron chi connectivity index (χ1n) is 10.3. The number of benzene rings is 1. The predicted octanol–water partition coefficient (Wildman–Crippen LogP) is 5.91. The summed E-state index contributed by atoms with van der Waals surface area (Å²) in [5.41, 5.74) is 6.76. The number of fused-ring (bicyclic) bond motifs is 1. The Labute approximate surface area is 174 Å². The lowest BCUT2D eigenvalue weighted by atomic mass is 9.95. The highest BCUT2D eigenvalue weighted by Crippen LogP contribution is 2.33. The third-order valence-corrected chi connectivity index (χ3v) is 6.03.